The number of hydrogen-bond donors (Lipinski definition) is 1. The third-order valence-corrected chi connectivity index (χ3v) is 4.31. The second-order valence-electron chi connectivity index (χ2n) is 6.01. The Kier molecular flexibility index (Phi) is 4.06. The van der Waals surface area contributed by atoms with E-state index in [1.54, 1.807) is 11.6 Å². The van der Waals surface area contributed by atoms with Crippen molar-refractivity contribution in [2.75, 3.05) is 0 Å². The Morgan fingerprint density at radius 3 is 2.72 bits per heavy atom. The highest BCUT2D eigenvalue weighted by Crippen LogP contribution is 2.43. The number of carbonyl (C=O) groups is 1. The van der Waals surface area contributed by atoms with Crippen molar-refractivity contribution in [3.8, 4) is 0 Å². The van der Waals surface area contributed by atoms with Crippen LogP contribution in [0, 0.1) is 11.8 Å². The van der Waals surface area contributed by atoms with E-state index in [0.717, 1.165) is 24.8 Å². The van der Waals surface area contributed by atoms with Crippen LogP contribution >= 0.6 is 0 Å². The fraction of sp³-hybridized carbons (Fsp3) is 0.688. The number of rotatable bonds is 3. The number of ketones is 1. The summed E-state index contributed by atoms with van der Waals surface area (Å²) in [6, 6.07) is 0. The van der Waals surface area contributed by atoms with Gasteiger partial charge in [-0.3, -0.25) is 4.79 Å². The molecule has 0 bridgehead atoms. The lowest BCUT2D eigenvalue weighted by molar-refractivity contribution is -0.117. The molecule has 0 aromatic heterocycles. The van der Waals surface area contributed by atoms with Gasteiger partial charge in [-0.05, 0) is 45.1 Å². The van der Waals surface area contributed by atoms with Crippen LogP contribution in [0.5, 0.6) is 0 Å². The summed E-state index contributed by atoms with van der Waals surface area (Å²) in [7, 11) is 0. The molecule has 0 spiro atoms. The minimum Gasteiger partial charge on any atom is -0.392 e. The monoisotopic (exact) mass is 248 g/mol. The van der Waals surface area contributed by atoms with Gasteiger partial charge in [0, 0.05) is 11.8 Å². The second kappa shape index (κ2) is 5.40. The summed E-state index contributed by atoms with van der Waals surface area (Å²) in [5, 5.41) is 10.3. The Morgan fingerprint density at radius 1 is 1.33 bits per heavy atom. The van der Waals surface area contributed by atoms with Crippen molar-refractivity contribution >= 4 is 5.78 Å². The molecule has 1 N–H and O–H groups in total. The molecule has 2 atom stereocenters. The van der Waals surface area contributed by atoms with Gasteiger partial charge in [-0.2, -0.15) is 0 Å². The maximum atomic E-state index is 11.8. The van der Waals surface area contributed by atoms with E-state index in [4.69, 9.17) is 0 Å². The SMILES string of the molecule is C/C(=C\C(=O)C(C)C)C1C2=C(CCC2)CCC1O. The smallest absolute Gasteiger partial charge is 0.158 e. The molecule has 0 fully saturated rings. The first-order chi connectivity index (χ1) is 8.50. The molecule has 18 heavy (non-hydrogen) atoms. The number of hydrogen-bond acceptors (Lipinski definition) is 2. The molecule has 0 heterocycles. The molecular formula is C16H24O2. The molecule has 2 aliphatic carbocycles. The normalized spacial score (nSPS) is 28.8. The summed E-state index contributed by atoms with van der Waals surface area (Å²) in [6.45, 7) is 5.84. The lowest BCUT2D eigenvalue weighted by Crippen LogP contribution is -2.27. The number of aliphatic hydroxyl groups excluding tert-OH is 1. The van der Waals surface area contributed by atoms with Gasteiger partial charge in [0.1, 0.15) is 0 Å². The van der Waals surface area contributed by atoms with E-state index in [9.17, 15) is 9.90 Å². The lowest BCUT2D eigenvalue weighted by Gasteiger charge is -2.31. The Labute approximate surface area is 110 Å². The average molecular weight is 248 g/mol. The predicted molar refractivity (Wildman–Crippen MR) is 73.2 cm³/mol. The van der Waals surface area contributed by atoms with E-state index in [-0.39, 0.29) is 23.7 Å². The number of carbonyl (C=O) groups excluding carboxylic acids is 1. The fourth-order valence-corrected chi connectivity index (χ4v) is 3.27. The Morgan fingerprint density at radius 2 is 2.06 bits per heavy atom. The summed E-state index contributed by atoms with van der Waals surface area (Å²) in [5.41, 5.74) is 4.03. The first-order valence-electron chi connectivity index (χ1n) is 7.11. The van der Waals surface area contributed by atoms with Gasteiger partial charge in [0.05, 0.1) is 6.10 Å². The molecule has 100 valence electrons. The Bertz CT molecular complexity index is 401. The van der Waals surface area contributed by atoms with Crippen LogP contribution in [0.1, 0.15) is 52.9 Å². The Hall–Kier alpha value is -0.890. The van der Waals surface area contributed by atoms with E-state index in [1.165, 1.54) is 18.4 Å². The summed E-state index contributed by atoms with van der Waals surface area (Å²) >= 11 is 0. The third-order valence-electron chi connectivity index (χ3n) is 4.31. The van der Waals surface area contributed by atoms with Crippen molar-refractivity contribution in [2.45, 2.75) is 59.0 Å². The molecule has 0 saturated carbocycles. The molecule has 2 unspecified atom stereocenters. The van der Waals surface area contributed by atoms with E-state index >= 15 is 0 Å². The van der Waals surface area contributed by atoms with E-state index < -0.39 is 0 Å². The van der Waals surface area contributed by atoms with Crippen LogP contribution in [0.2, 0.25) is 0 Å². The van der Waals surface area contributed by atoms with Gasteiger partial charge in [0.2, 0.25) is 0 Å². The minimum atomic E-state index is -0.293. The van der Waals surface area contributed by atoms with E-state index in [0.29, 0.717) is 0 Å². The second-order valence-corrected chi connectivity index (χ2v) is 6.01. The zero-order chi connectivity index (χ0) is 13.3. The van der Waals surface area contributed by atoms with Gasteiger partial charge in [0.25, 0.3) is 0 Å². The van der Waals surface area contributed by atoms with Gasteiger partial charge in [-0.25, -0.2) is 0 Å². The molecule has 2 aliphatic rings. The standard InChI is InChI=1S/C16H24O2/c1-10(2)15(18)9-11(3)16-13-6-4-5-12(13)7-8-14(16)17/h9-10,14,16-17H,4-8H2,1-3H3/b11-9+. The maximum Gasteiger partial charge on any atom is 0.158 e. The van der Waals surface area contributed by atoms with Crippen LogP contribution in [0.25, 0.3) is 0 Å². The molecule has 0 aliphatic heterocycles. The highest BCUT2D eigenvalue weighted by Gasteiger charge is 2.33. The van der Waals surface area contributed by atoms with Crippen LogP contribution in [-0.4, -0.2) is 17.0 Å². The van der Waals surface area contributed by atoms with E-state index in [2.05, 4.69) is 0 Å². The van der Waals surface area contributed by atoms with Crippen LogP contribution < -0.4 is 0 Å². The van der Waals surface area contributed by atoms with Crippen molar-refractivity contribution in [3.05, 3.63) is 22.8 Å². The highest BCUT2D eigenvalue weighted by atomic mass is 16.3. The van der Waals surface area contributed by atoms with Crippen molar-refractivity contribution in [1.29, 1.82) is 0 Å². The highest BCUT2D eigenvalue weighted by molar-refractivity contribution is 5.91. The largest absolute Gasteiger partial charge is 0.392 e. The quantitative estimate of drug-likeness (QED) is 0.614. The van der Waals surface area contributed by atoms with Crippen molar-refractivity contribution in [1.82, 2.24) is 0 Å². The van der Waals surface area contributed by atoms with Gasteiger partial charge in [0.15, 0.2) is 5.78 Å². The molecule has 0 radical (unpaired) electrons. The van der Waals surface area contributed by atoms with Crippen molar-refractivity contribution in [2.24, 2.45) is 11.8 Å². The number of allylic oxidation sites excluding steroid dienone is 2. The molecule has 0 aromatic carbocycles. The van der Waals surface area contributed by atoms with Gasteiger partial charge < -0.3 is 5.11 Å². The third kappa shape index (κ3) is 2.59. The number of aliphatic hydroxyl groups is 1. The average Bonchev–Trinajstić information content (AvgIpc) is 2.76. The first kappa shape index (κ1) is 13.5. The maximum absolute atomic E-state index is 11.8. The lowest BCUT2D eigenvalue weighted by atomic mass is 9.77. The van der Waals surface area contributed by atoms with Gasteiger partial charge >= 0.3 is 0 Å². The summed E-state index contributed by atoms with van der Waals surface area (Å²) in [5.74, 6) is 0.321. The molecule has 0 saturated heterocycles. The van der Waals surface area contributed by atoms with Crippen LogP contribution in [0.15, 0.2) is 22.8 Å². The van der Waals surface area contributed by atoms with Crippen LogP contribution in [0.4, 0.5) is 0 Å². The first-order valence-corrected chi connectivity index (χ1v) is 7.11. The van der Waals surface area contributed by atoms with Crippen molar-refractivity contribution < 1.29 is 9.90 Å². The molecule has 2 heteroatoms. The topological polar surface area (TPSA) is 37.3 Å². The molecular weight excluding hydrogens is 224 g/mol. The fourth-order valence-electron chi connectivity index (χ4n) is 3.27. The van der Waals surface area contributed by atoms with Crippen molar-refractivity contribution in [3.63, 3.8) is 0 Å². The molecule has 2 nitrogen and oxygen atoms in total. The van der Waals surface area contributed by atoms with E-state index in [1.807, 2.05) is 20.8 Å². The minimum absolute atomic E-state index is 0.0395. The molecule has 0 amide bonds. The molecule has 0 aromatic rings. The van der Waals surface area contributed by atoms with Crippen LogP contribution in [0.3, 0.4) is 0 Å². The summed E-state index contributed by atoms with van der Waals surface area (Å²) < 4.78 is 0. The predicted octanol–water partition coefficient (Wildman–Crippen LogP) is 3.41. The molecule has 2 rings (SSSR count). The zero-order valence-electron chi connectivity index (χ0n) is 11.7. The van der Waals surface area contributed by atoms with Crippen LogP contribution in [-0.2, 0) is 4.79 Å². The zero-order valence-corrected chi connectivity index (χ0v) is 11.7. The van der Waals surface area contributed by atoms with Gasteiger partial charge in [-0.1, -0.05) is 30.6 Å². The van der Waals surface area contributed by atoms with Gasteiger partial charge in [-0.15, -0.1) is 0 Å². The summed E-state index contributed by atoms with van der Waals surface area (Å²) in [6.07, 6.45) is 6.90. The summed E-state index contributed by atoms with van der Waals surface area (Å²) in [4.78, 5) is 11.8. The Balaban J connectivity index is 2.24.